The number of hydrogen-bond donors (Lipinski definition) is 1. The van der Waals surface area contributed by atoms with E-state index in [4.69, 9.17) is 0 Å². The van der Waals surface area contributed by atoms with E-state index in [9.17, 15) is 9.18 Å². The Balaban J connectivity index is 1.74. The standard InChI is InChI=1S/C20H17FN4O/c1-12(2)14-5-3-13(4-6-14)10-23-25-11-22-18-16-9-15(21)7-8-17(16)24-19(18)20(25)26/h3-12,24H,1-2H3/b23-10-. The highest BCUT2D eigenvalue weighted by atomic mass is 19.1. The van der Waals surface area contributed by atoms with Gasteiger partial charge >= 0.3 is 0 Å². The third-order valence-electron chi connectivity index (χ3n) is 4.39. The van der Waals surface area contributed by atoms with Crippen LogP contribution in [0, 0.1) is 5.82 Å². The molecule has 0 saturated heterocycles. The number of fused-ring (bicyclic) bond motifs is 3. The molecule has 0 aliphatic rings. The molecule has 0 atom stereocenters. The quantitative estimate of drug-likeness (QED) is 0.568. The van der Waals surface area contributed by atoms with Crippen molar-refractivity contribution >= 4 is 28.2 Å². The predicted molar refractivity (Wildman–Crippen MR) is 101 cm³/mol. The summed E-state index contributed by atoms with van der Waals surface area (Å²) in [7, 11) is 0. The Morgan fingerprint density at radius 1 is 1.19 bits per heavy atom. The van der Waals surface area contributed by atoms with E-state index in [1.54, 1.807) is 12.3 Å². The minimum absolute atomic E-state index is 0.306. The van der Waals surface area contributed by atoms with Crippen molar-refractivity contribution in [2.24, 2.45) is 5.10 Å². The first-order chi connectivity index (χ1) is 12.5. The van der Waals surface area contributed by atoms with Crippen LogP contribution in [0.5, 0.6) is 0 Å². The van der Waals surface area contributed by atoms with E-state index in [0.717, 1.165) is 5.56 Å². The van der Waals surface area contributed by atoms with Gasteiger partial charge in [-0.25, -0.2) is 9.37 Å². The van der Waals surface area contributed by atoms with Crippen molar-refractivity contribution in [2.75, 3.05) is 0 Å². The maximum Gasteiger partial charge on any atom is 0.298 e. The Kier molecular flexibility index (Phi) is 3.88. The number of aromatic nitrogens is 3. The van der Waals surface area contributed by atoms with Gasteiger partial charge < -0.3 is 4.98 Å². The molecule has 0 unspecified atom stereocenters. The number of aromatic amines is 1. The third kappa shape index (κ3) is 2.79. The molecule has 0 fully saturated rings. The molecule has 0 aliphatic carbocycles. The summed E-state index contributed by atoms with van der Waals surface area (Å²) in [6, 6.07) is 12.3. The number of nitrogens with zero attached hydrogens (tertiary/aromatic N) is 3. The lowest BCUT2D eigenvalue weighted by molar-refractivity contribution is 0.630. The van der Waals surface area contributed by atoms with Gasteiger partial charge in [-0.05, 0) is 35.2 Å². The van der Waals surface area contributed by atoms with E-state index in [0.29, 0.717) is 27.9 Å². The lowest BCUT2D eigenvalue weighted by atomic mass is 10.0. The van der Waals surface area contributed by atoms with Gasteiger partial charge in [0.05, 0.1) is 6.21 Å². The molecule has 130 valence electrons. The molecule has 1 N–H and O–H groups in total. The molecule has 2 heterocycles. The highest BCUT2D eigenvalue weighted by Gasteiger charge is 2.11. The summed E-state index contributed by atoms with van der Waals surface area (Å²) in [5.41, 5.74) is 3.21. The molecule has 0 bridgehead atoms. The average Bonchev–Trinajstić information content (AvgIpc) is 3.00. The summed E-state index contributed by atoms with van der Waals surface area (Å²) in [5.74, 6) is 0.0920. The van der Waals surface area contributed by atoms with Crippen LogP contribution in [0.4, 0.5) is 4.39 Å². The van der Waals surface area contributed by atoms with Crippen LogP contribution in [0.2, 0.25) is 0 Å². The predicted octanol–water partition coefficient (Wildman–Crippen LogP) is 4.02. The van der Waals surface area contributed by atoms with E-state index >= 15 is 0 Å². The van der Waals surface area contributed by atoms with Crippen LogP contribution in [-0.4, -0.2) is 20.9 Å². The Morgan fingerprint density at radius 2 is 1.96 bits per heavy atom. The highest BCUT2D eigenvalue weighted by molar-refractivity contribution is 6.04. The summed E-state index contributed by atoms with van der Waals surface area (Å²) >= 11 is 0. The van der Waals surface area contributed by atoms with Crippen molar-refractivity contribution in [3.63, 3.8) is 0 Å². The Bertz CT molecular complexity index is 1190. The van der Waals surface area contributed by atoms with Gasteiger partial charge in [0.2, 0.25) is 0 Å². The largest absolute Gasteiger partial charge is 0.349 e. The van der Waals surface area contributed by atoms with Crippen LogP contribution in [-0.2, 0) is 0 Å². The van der Waals surface area contributed by atoms with Crippen LogP contribution < -0.4 is 5.56 Å². The topological polar surface area (TPSA) is 63.0 Å². The summed E-state index contributed by atoms with van der Waals surface area (Å²) in [5, 5.41) is 4.79. The second-order valence-electron chi connectivity index (χ2n) is 6.50. The van der Waals surface area contributed by atoms with Crippen molar-refractivity contribution in [1.82, 2.24) is 14.6 Å². The number of hydrogen-bond acceptors (Lipinski definition) is 3. The molecule has 0 aliphatic heterocycles. The van der Waals surface area contributed by atoms with E-state index in [2.05, 4.69) is 28.9 Å². The van der Waals surface area contributed by atoms with Gasteiger partial charge in [0.25, 0.3) is 5.56 Å². The van der Waals surface area contributed by atoms with Crippen LogP contribution in [0.1, 0.15) is 30.9 Å². The lowest BCUT2D eigenvalue weighted by Gasteiger charge is -2.04. The zero-order chi connectivity index (χ0) is 18.3. The van der Waals surface area contributed by atoms with Crippen LogP contribution in [0.25, 0.3) is 21.9 Å². The van der Waals surface area contributed by atoms with Gasteiger partial charge in [0.15, 0.2) is 0 Å². The minimum Gasteiger partial charge on any atom is -0.349 e. The first kappa shape index (κ1) is 16.2. The van der Waals surface area contributed by atoms with Crippen molar-refractivity contribution in [1.29, 1.82) is 0 Å². The van der Waals surface area contributed by atoms with Gasteiger partial charge in [-0.1, -0.05) is 38.1 Å². The first-order valence-corrected chi connectivity index (χ1v) is 8.36. The smallest absolute Gasteiger partial charge is 0.298 e. The molecule has 2 aromatic carbocycles. The van der Waals surface area contributed by atoms with Crippen molar-refractivity contribution in [2.45, 2.75) is 19.8 Å². The van der Waals surface area contributed by atoms with E-state index in [-0.39, 0.29) is 11.4 Å². The minimum atomic E-state index is -0.368. The highest BCUT2D eigenvalue weighted by Crippen LogP contribution is 2.22. The molecule has 2 aromatic heterocycles. The van der Waals surface area contributed by atoms with E-state index in [1.807, 2.05) is 24.3 Å². The molecule has 0 radical (unpaired) electrons. The van der Waals surface area contributed by atoms with Gasteiger partial charge in [0.1, 0.15) is 23.2 Å². The fourth-order valence-electron chi connectivity index (χ4n) is 2.90. The maximum atomic E-state index is 13.5. The molecule has 26 heavy (non-hydrogen) atoms. The Morgan fingerprint density at radius 3 is 2.69 bits per heavy atom. The van der Waals surface area contributed by atoms with Crippen molar-refractivity contribution in [3.8, 4) is 0 Å². The van der Waals surface area contributed by atoms with Gasteiger partial charge in [-0.2, -0.15) is 9.78 Å². The monoisotopic (exact) mass is 348 g/mol. The summed E-state index contributed by atoms with van der Waals surface area (Å²) in [6.45, 7) is 4.27. The first-order valence-electron chi connectivity index (χ1n) is 8.36. The fourth-order valence-corrected chi connectivity index (χ4v) is 2.90. The number of rotatable bonds is 3. The molecule has 0 saturated carbocycles. The maximum absolute atomic E-state index is 13.5. The molecule has 0 amide bonds. The fraction of sp³-hybridized carbons (Fsp3) is 0.150. The van der Waals surface area contributed by atoms with Crippen molar-refractivity contribution in [3.05, 3.63) is 76.1 Å². The van der Waals surface area contributed by atoms with Gasteiger partial charge in [-0.3, -0.25) is 4.79 Å². The van der Waals surface area contributed by atoms with Gasteiger partial charge in [-0.15, -0.1) is 0 Å². The van der Waals surface area contributed by atoms with Crippen LogP contribution in [0.3, 0.4) is 0 Å². The summed E-state index contributed by atoms with van der Waals surface area (Å²) in [4.78, 5) is 19.9. The Hall–Kier alpha value is -3.28. The zero-order valence-corrected chi connectivity index (χ0v) is 14.4. The summed E-state index contributed by atoms with van der Waals surface area (Å²) in [6.07, 6.45) is 2.96. The van der Waals surface area contributed by atoms with Crippen LogP contribution in [0.15, 0.2) is 58.7 Å². The molecule has 0 spiro atoms. The zero-order valence-electron chi connectivity index (χ0n) is 14.4. The molecule has 6 heteroatoms. The molecule has 5 nitrogen and oxygen atoms in total. The van der Waals surface area contributed by atoms with Gasteiger partial charge in [0, 0.05) is 10.9 Å². The lowest BCUT2D eigenvalue weighted by Crippen LogP contribution is -2.17. The number of benzene rings is 2. The Labute approximate surface area is 148 Å². The number of halogens is 1. The van der Waals surface area contributed by atoms with Crippen molar-refractivity contribution < 1.29 is 4.39 Å². The molecule has 4 rings (SSSR count). The van der Waals surface area contributed by atoms with Crippen LogP contribution >= 0.6 is 0 Å². The van der Waals surface area contributed by atoms with E-state index < -0.39 is 0 Å². The second kappa shape index (κ2) is 6.22. The third-order valence-corrected chi connectivity index (χ3v) is 4.39. The number of H-pyrrole nitrogens is 1. The summed E-state index contributed by atoms with van der Waals surface area (Å²) < 4.78 is 14.6. The van der Waals surface area contributed by atoms with E-state index in [1.165, 1.54) is 28.7 Å². The SMILES string of the molecule is CC(C)c1ccc(/C=N\n2cnc3c([nH]c4ccc(F)cc43)c2=O)cc1. The molecule has 4 aromatic rings. The molecular weight excluding hydrogens is 331 g/mol. The second-order valence-corrected chi connectivity index (χ2v) is 6.50. The number of nitrogens with one attached hydrogen (secondary N) is 1. The normalized spacial score (nSPS) is 12.0. The molecular formula is C20H17FN4O. The average molecular weight is 348 g/mol.